The number of nitrogens with zero attached hydrogens (tertiary/aromatic N) is 1. The quantitative estimate of drug-likeness (QED) is 0.857. The molecule has 0 fully saturated rings. The lowest BCUT2D eigenvalue weighted by atomic mass is 10.1. The number of fused-ring (bicyclic) bond motifs is 1. The normalized spacial score (nSPS) is 12.2. The first kappa shape index (κ1) is 12.9. The molecule has 0 unspecified atom stereocenters. The molecule has 0 bridgehead atoms. The smallest absolute Gasteiger partial charge is 0.360 e. The molecule has 3 nitrogen and oxygen atoms in total. The molecule has 18 heavy (non-hydrogen) atoms. The van der Waals surface area contributed by atoms with Crippen molar-refractivity contribution in [2.45, 2.75) is 19.0 Å². The Morgan fingerprint density at radius 3 is 2.78 bits per heavy atom. The first-order chi connectivity index (χ1) is 8.52. The van der Waals surface area contributed by atoms with E-state index in [1.54, 1.807) is 0 Å². The minimum absolute atomic E-state index is 0.254. The van der Waals surface area contributed by atoms with Gasteiger partial charge >= 0.3 is 6.18 Å². The second-order valence-electron chi connectivity index (χ2n) is 4.04. The van der Waals surface area contributed by atoms with Crippen molar-refractivity contribution in [3.8, 4) is 0 Å². The van der Waals surface area contributed by atoms with Gasteiger partial charge in [0.25, 0.3) is 0 Å². The number of aryl methyl sites for hydroxylation is 1. The molecule has 2 aromatic rings. The Balaban J connectivity index is 2.26. The van der Waals surface area contributed by atoms with Crippen molar-refractivity contribution in [3.63, 3.8) is 0 Å². The zero-order valence-electron chi connectivity index (χ0n) is 9.84. The number of hydrogen-bond acceptors (Lipinski definition) is 3. The molecule has 0 amide bonds. The lowest BCUT2D eigenvalue weighted by Gasteiger charge is -2.05. The monoisotopic (exact) mass is 258 g/mol. The van der Waals surface area contributed by atoms with Gasteiger partial charge in [0.05, 0.1) is 5.56 Å². The second kappa shape index (κ2) is 4.97. The zero-order chi connectivity index (χ0) is 13.2. The molecule has 98 valence electrons. The van der Waals surface area contributed by atoms with Crippen LogP contribution in [-0.2, 0) is 12.6 Å². The van der Waals surface area contributed by atoms with E-state index in [0.717, 1.165) is 25.1 Å². The minimum atomic E-state index is -4.35. The number of alkyl halides is 3. The third-order valence-corrected chi connectivity index (χ3v) is 2.71. The Hall–Kier alpha value is -1.56. The van der Waals surface area contributed by atoms with Crippen molar-refractivity contribution < 1.29 is 17.7 Å². The third-order valence-electron chi connectivity index (χ3n) is 2.71. The summed E-state index contributed by atoms with van der Waals surface area (Å²) in [5, 5.41) is 7.32. The van der Waals surface area contributed by atoms with Gasteiger partial charge in [-0.25, -0.2) is 0 Å². The van der Waals surface area contributed by atoms with E-state index >= 15 is 0 Å². The van der Waals surface area contributed by atoms with Crippen molar-refractivity contribution >= 4 is 10.9 Å². The van der Waals surface area contributed by atoms with E-state index in [1.807, 2.05) is 7.05 Å². The van der Waals surface area contributed by atoms with Gasteiger partial charge in [0.2, 0.25) is 0 Å². The number of benzene rings is 1. The summed E-state index contributed by atoms with van der Waals surface area (Å²) >= 11 is 0. The Morgan fingerprint density at radius 1 is 1.33 bits per heavy atom. The maximum atomic E-state index is 12.5. The Morgan fingerprint density at radius 2 is 2.11 bits per heavy atom. The predicted octanol–water partition coefficient (Wildman–Crippen LogP) is 3.00. The number of aromatic nitrogens is 1. The van der Waals surface area contributed by atoms with E-state index in [0.29, 0.717) is 17.6 Å². The topological polar surface area (TPSA) is 38.1 Å². The summed E-state index contributed by atoms with van der Waals surface area (Å²) in [6, 6.07) is 3.49. The lowest BCUT2D eigenvalue weighted by Crippen LogP contribution is -2.08. The third kappa shape index (κ3) is 2.64. The zero-order valence-corrected chi connectivity index (χ0v) is 9.84. The number of hydrogen-bond donors (Lipinski definition) is 1. The van der Waals surface area contributed by atoms with Crippen LogP contribution < -0.4 is 5.32 Å². The molecular formula is C12H13F3N2O. The highest BCUT2D eigenvalue weighted by Gasteiger charge is 2.31. The summed E-state index contributed by atoms with van der Waals surface area (Å²) in [6.45, 7) is 0.822. The SMILES string of the molecule is CNCCCc1onc2cc(C(F)(F)F)ccc12. The van der Waals surface area contributed by atoms with E-state index in [9.17, 15) is 13.2 Å². The van der Waals surface area contributed by atoms with Crippen LogP contribution in [0, 0.1) is 0 Å². The van der Waals surface area contributed by atoms with Crippen LogP contribution in [0.2, 0.25) is 0 Å². The van der Waals surface area contributed by atoms with E-state index in [-0.39, 0.29) is 5.52 Å². The summed E-state index contributed by atoms with van der Waals surface area (Å²) in [7, 11) is 1.84. The van der Waals surface area contributed by atoms with Crippen LogP contribution in [0.1, 0.15) is 17.7 Å². The molecule has 1 aromatic heterocycles. The molecule has 2 rings (SSSR count). The van der Waals surface area contributed by atoms with Crippen LogP contribution in [0.3, 0.4) is 0 Å². The second-order valence-corrected chi connectivity index (χ2v) is 4.04. The average molecular weight is 258 g/mol. The van der Waals surface area contributed by atoms with E-state index in [1.165, 1.54) is 6.07 Å². The fourth-order valence-corrected chi connectivity index (χ4v) is 1.78. The Kier molecular flexibility index (Phi) is 3.56. The van der Waals surface area contributed by atoms with Gasteiger partial charge in [-0.2, -0.15) is 13.2 Å². The molecule has 0 aliphatic rings. The minimum Gasteiger partial charge on any atom is -0.360 e. The molecule has 0 radical (unpaired) electrons. The van der Waals surface area contributed by atoms with Gasteiger partial charge < -0.3 is 9.84 Å². The van der Waals surface area contributed by atoms with Crippen LogP contribution in [0.15, 0.2) is 22.7 Å². The molecule has 0 spiro atoms. The van der Waals surface area contributed by atoms with Crippen LogP contribution in [0.5, 0.6) is 0 Å². The lowest BCUT2D eigenvalue weighted by molar-refractivity contribution is -0.137. The van der Waals surface area contributed by atoms with Gasteiger partial charge in [-0.1, -0.05) is 5.16 Å². The first-order valence-electron chi connectivity index (χ1n) is 5.62. The predicted molar refractivity (Wildman–Crippen MR) is 61.3 cm³/mol. The Bertz CT molecular complexity index is 534. The van der Waals surface area contributed by atoms with E-state index in [2.05, 4.69) is 10.5 Å². The standard InChI is InChI=1S/C12H13F3N2O/c1-16-6-2-3-11-9-5-4-8(12(13,14)15)7-10(9)17-18-11/h4-5,7,16H,2-3,6H2,1H3. The molecule has 0 atom stereocenters. The maximum Gasteiger partial charge on any atom is 0.416 e. The average Bonchev–Trinajstić information content (AvgIpc) is 2.71. The molecular weight excluding hydrogens is 245 g/mol. The van der Waals surface area contributed by atoms with Crippen LogP contribution >= 0.6 is 0 Å². The van der Waals surface area contributed by atoms with E-state index < -0.39 is 11.7 Å². The summed E-state index contributed by atoms with van der Waals surface area (Å²) in [4.78, 5) is 0. The van der Waals surface area contributed by atoms with Crippen LogP contribution in [0.4, 0.5) is 13.2 Å². The van der Waals surface area contributed by atoms with Gasteiger partial charge in [0.15, 0.2) is 0 Å². The van der Waals surface area contributed by atoms with Crippen LogP contribution in [-0.4, -0.2) is 18.7 Å². The molecule has 0 aliphatic carbocycles. The molecule has 0 saturated heterocycles. The fraction of sp³-hybridized carbons (Fsp3) is 0.417. The van der Waals surface area contributed by atoms with Crippen molar-refractivity contribution in [3.05, 3.63) is 29.5 Å². The largest absolute Gasteiger partial charge is 0.416 e. The number of rotatable bonds is 4. The molecule has 0 aliphatic heterocycles. The first-order valence-corrected chi connectivity index (χ1v) is 5.62. The highest BCUT2D eigenvalue weighted by atomic mass is 19.4. The molecule has 6 heteroatoms. The molecule has 1 aromatic carbocycles. The van der Waals surface area contributed by atoms with Gasteiger partial charge in [-0.15, -0.1) is 0 Å². The van der Waals surface area contributed by atoms with E-state index in [4.69, 9.17) is 4.52 Å². The van der Waals surface area contributed by atoms with Crippen molar-refractivity contribution in [1.29, 1.82) is 0 Å². The summed E-state index contributed by atoms with van der Waals surface area (Å²) in [5.41, 5.74) is -0.450. The van der Waals surface area contributed by atoms with Gasteiger partial charge in [-0.3, -0.25) is 0 Å². The fourth-order valence-electron chi connectivity index (χ4n) is 1.78. The summed E-state index contributed by atoms with van der Waals surface area (Å²) < 4.78 is 42.6. The van der Waals surface area contributed by atoms with Gasteiger partial charge in [0.1, 0.15) is 11.3 Å². The van der Waals surface area contributed by atoms with Crippen molar-refractivity contribution in [1.82, 2.24) is 10.5 Å². The maximum absolute atomic E-state index is 12.5. The van der Waals surface area contributed by atoms with Crippen molar-refractivity contribution in [2.24, 2.45) is 0 Å². The summed E-state index contributed by atoms with van der Waals surface area (Å²) in [5.74, 6) is 0.633. The highest BCUT2D eigenvalue weighted by molar-refractivity contribution is 5.81. The Labute approximate surface area is 102 Å². The summed E-state index contributed by atoms with van der Waals surface area (Å²) in [6.07, 6.45) is -2.84. The highest BCUT2D eigenvalue weighted by Crippen LogP contribution is 2.32. The van der Waals surface area contributed by atoms with Crippen molar-refractivity contribution in [2.75, 3.05) is 13.6 Å². The molecule has 0 saturated carbocycles. The van der Waals surface area contributed by atoms with Gasteiger partial charge in [-0.05, 0) is 38.2 Å². The number of halogens is 3. The molecule has 1 heterocycles. The van der Waals surface area contributed by atoms with Gasteiger partial charge in [0, 0.05) is 11.8 Å². The number of nitrogens with one attached hydrogen (secondary N) is 1. The molecule has 1 N–H and O–H groups in total. The van der Waals surface area contributed by atoms with Crippen LogP contribution in [0.25, 0.3) is 10.9 Å².